The van der Waals surface area contributed by atoms with Crippen LogP contribution in [0.5, 0.6) is 17.2 Å². The monoisotopic (exact) mass is 457 g/mol. The lowest BCUT2D eigenvalue weighted by Gasteiger charge is -2.38. The summed E-state index contributed by atoms with van der Waals surface area (Å²) in [7, 11) is 3.26. The van der Waals surface area contributed by atoms with Crippen molar-refractivity contribution < 1.29 is 19.0 Å². The van der Waals surface area contributed by atoms with Gasteiger partial charge in [-0.25, -0.2) is 0 Å². The molecule has 0 radical (unpaired) electrons. The van der Waals surface area contributed by atoms with E-state index in [-0.39, 0.29) is 11.9 Å². The lowest BCUT2D eigenvalue weighted by Crippen LogP contribution is -2.46. The minimum atomic E-state index is -0.650. The number of hydrogen-bond donors (Lipinski definition) is 0. The molecule has 31 heavy (non-hydrogen) atoms. The highest BCUT2D eigenvalue weighted by Crippen LogP contribution is 2.42. The molecule has 1 amide bonds. The standard InChI is InChI=1S/C24H24ClNO4S/c1-15(30-18-7-4-6-17(25)13-18)24(27)26-10-9-16-12-20(28-2)21(29-3)14-19(16)23(26)22-8-5-11-31-22/h4-8,11-15,23H,9-10H2,1-3H3. The van der Waals surface area contributed by atoms with Gasteiger partial charge in [-0.05, 0) is 66.2 Å². The number of methoxy groups -OCH3 is 2. The molecule has 3 aromatic rings. The molecule has 0 aliphatic carbocycles. The van der Waals surface area contributed by atoms with Crippen LogP contribution in [0.4, 0.5) is 0 Å². The van der Waals surface area contributed by atoms with Gasteiger partial charge in [-0.2, -0.15) is 0 Å². The predicted molar refractivity (Wildman–Crippen MR) is 123 cm³/mol. The number of amides is 1. The summed E-state index contributed by atoms with van der Waals surface area (Å²) in [6.45, 7) is 2.37. The molecular formula is C24H24ClNO4S. The zero-order valence-corrected chi connectivity index (χ0v) is 19.2. The number of nitrogens with zero attached hydrogens (tertiary/aromatic N) is 1. The van der Waals surface area contributed by atoms with Crippen LogP contribution in [-0.4, -0.2) is 37.7 Å². The fraction of sp³-hybridized carbons (Fsp3) is 0.292. The molecule has 1 aromatic heterocycles. The van der Waals surface area contributed by atoms with Crippen LogP contribution < -0.4 is 14.2 Å². The van der Waals surface area contributed by atoms with Crippen LogP contribution in [0.3, 0.4) is 0 Å². The van der Waals surface area contributed by atoms with E-state index in [2.05, 4.69) is 6.07 Å². The zero-order valence-electron chi connectivity index (χ0n) is 17.6. The Bertz CT molecular complexity index is 1070. The first-order valence-electron chi connectivity index (χ1n) is 10.0. The molecule has 2 unspecified atom stereocenters. The molecule has 1 aliphatic rings. The first-order valence-corrected chi connectivity index (χ1v) is 11.3. The normalized spacial score (nSPS) is 16.4. The van der Waals surface area contributed by atoms with E-state index in [0.29, 0.717) is 28.8 Å². The van der Waals surface area contributed by atoms with E-state index in [4.69, 9.17) is 25.8 Å². The van der Waals surface area contributed by atoms with Crippen LogP contribution in [0, 0.1) is 0 Å². The number of thiophene rings is 1. The maximum atomic E-state index is 13.5. The number of ether oxygens (including phenoxy) is 3. The minimum absolute atomic E-state index is 0.0705. The Kier molecular flexibility index (Phi) is 6.39. The van der Waals surface area contributed by atoms with Gasteiger partial charge in [0.15, 0.2) is 17.6 Å². The third-order valence-corrected chi connectivity index (χ3v) is 6.59. The van der Waals surface area contributed by atoms with Crippen molar-refractivity contribution in [1.29, 1.82) is 0 Å². The number of carbonyl (C=O) groups excluding carboxylic acids is 1. The number of rotatable bonds is 6. The van der Waals surface area contributed by atoms with Crippen molar-refractivity contribution in [1.82, 2.24) is 4.90 Å². The summed E-state index contributed by atoms with van der Waals surface area (Å²) in [5.41, 5.74) is 2.21. The summed E-state index contributed by atoms with van der Waals surface area (Å²) in [6.07, 6.45) is 0.0790. The van der Waals surface area contributed by atoms with Gasteiger partial charge in [0.1, 0.15) is 5.75 Å². The smallest absolute Gasteiger partial charge is 0.264 e. The van der Waals surface area contributed by atoms with E-state index in [0.717, 1.165) is 22.4 Å². The fourth-order valence-corrected chi connectivity index (χ4v) is 5.00. The van der Waals surface area contributed by atoms with Gasteiger partial charge < -0.3 is 19.1 Å². The van der Waals surface area contributed by atoms with Crippen molar-refractivity contribution in [2.75, 3.05) is 20.8 Å². The minimum Gasteiger partial charge on any atom is -0.493 e. The number of benzene rings is 2. The number of hydrogen-bond acceptors (Lipinski definition) is 5. The van der Waals surface area contributed by atoms with E-state index in [1.165, 1.54) is 0 Å². The summed E-state index contributed by atoms with van der Waals surface area (Å²) in [5, 5.41) is 2.60. The van der Waals surface area contributed by atoms with E-state index < -0.39 is 6.10 Å². The fourth-order valence-electron chi connectivity index (χ4n) is 3.97. The first kappa shape index (κ1) is 21.5. The molecule has 7 heteroatoms. The predicted octanol–water partition coefficient (Wildman–Crippen LogP) is 5.36. The Morgan fingerprint density at radius 2 is 1.90 bits per heavy atom. The molecule has 2 atom stereocenters. The molecule has 5 nitrogen and oxygen atoms in total. The van der Waals surface area contributed by atoms with Crippen LogP contribution in [-0.2, 0) is 11.2 Å². The molecule has 162 valence electrons. The molecule has 0 saturated carbocycles. The van der Waals surface area contributed by atoms with Crippen LogP contribution in [0.1, 0.15) is 29.0 Å². The second kappa shape index (κ2) is 9.20. The second-order valence-corrected chi connectivity index (χ2v) is 8.74. The van der Waals surface area contributed by atoms with Crippen LogP contribution >= 0.6 is 22.9 Å². The summed E-state index contributed by atoms with van der Waals surface area (Å²) < 4.78 is 17.0. The molecule has 2 heterocycles. The topological polar surface area (TPSA) is 48.0 Å². The van der Waals surface area contributed by atoms with Gasteiger partial charge in [0.25, 0.3) is 5.91 Å². The van der Waals surface area contributed by atoms with E-state index >= 15 is 0 Å². The van der Waals surface area contributed by atoms with Crippen LogP contribution in [0.15, 0.2) is 53.9 Å². The van der Waals surface area contributed by atoms with Gasteiger partial charge in [0.05, 0.1) is 20.3 Å². The van der Waals surface area contributed by atoms with Gasteiger partial charge >= 0.3 is 0 Å². The molecule has 0 bridgehead atoms. The van der Waals surface area contributed by atoms with Crippen molar-refractivity contribution in [2.45, 2.75) is 25.5 Å². The van der Waals surface area contributed by atoms with Gasteiger partial charge in [0, 0.05) is 16.4 Å². The zero-order chi connectivity index (χ0) is 22.0. The van der Waals surface area contributed by atoms with Gasteiger partial charge in [-0.15, -0.1) is 11.3 Å². The van der Waals surface area contributed by atoms with Gasteiger partial charge in [-0.1, -0.05) is 23.7 Å². The quantitative estimate of drug-likeness (QED) is 0.500. The highest BCUT2D eigenvalue weighted by Gasteiger charge is 2.36. The average molecular weight is 458 g/mol. The molecule has 0 spiro atoms. The maximum Gasteiger partial charge on any atom is 0.264 e. The van der Waals surface area contributed by atoms with E-state index in [1.54, 1.807) is 56.7 Å². The van der Waals surface area contributed by atoms with Crippen molar-refractivity contribution in [3.05, 3.63) is 74.9 Å². The largest absolute Gasteiger partial charge is 0.493 e. The van der Waals surface area contributed by atoms with E-state index in [1.807, 2.05) is 28.5 Å². The summed E-state index contributed by atoms with van der Waals surface area (Å²) in [4.78, 5) is 16.5. The number of halogens is 1. The molecular weight excluding hydrogens is 434 g/mol. The summed E-state index contributed by atoms with van der Waals surface area (Å²) >= 11 is 7.69. The summed E-state index contributed by atoms with van der Waals surface area (Å²) in [5.74, 6) is 1.85. The molecule has 1 aliphatic heterocycles. The van der Waals surface area contributed by atoms with Crippen molar-refractivity contribution in [3.63, 3.8) is 0 Å². The lowest BCUT2D eigenvalue weighted by atomic mass is 9.90. The Morgan fingerprint density at radius 1 is 1.13 bits per heavy atom. The van der Waals surface area contributed by atoms with Gasteiger partial charge in [-0.3, -0.25) is 4.79 Å². The maximum absolute atomic E-state index is 13.5. The number of fused-ring (bicyclic) bond motifs is 1. The third-order valence-electron chi connectivity index (χ3n) is 5.43. The molecule has 0 N–H and O–H groups in total. The van der Waals surface area contributed by atoms with Crippen molar-refractivity contribution in [2.24, 2.45) is 0 Å². The Hall–Kier alpha value is -2.70. The van der Waals surface area contributed by atoms with Crippen molar-refractivity contribution >= 4 is 28.8 Å². The van der Waals surface area contributed by atoms with Crippen LogP contribution in [0.25, 0.3) is 0 Å². The Morgan fingerprint density at radius 3 is 2.58 bits per heavy atom. The third kappa shape index (κ3) is 4.36. The van der Waals surface area contributed by atoms with E-state index in [9.17, 15) is 4.79 Å². The van der Waals surface area contributed by atoms with Crippen molar-refractivity contribution in [3.8, 4) is 17.2 Å². The highest BCUT2D eigenvalue weighted by atomic mass is 35.5. The highest BCUT2D eigenvalue weighted by molar-refractivity contribution is 7.10. The first-order chi connectivity index (χ1) is 15.0. The molecule has 0 fully saturated rings. The van der Waals surface area contributed by atoms with Gasteiger partial charge in [0.2, 0.25) is 0 Å². The second-order valence-electron chi connectivity index (χ2n) is 7.32. The Balaban J connectivity index is 1.68. The SMILES string of the molecule is COc1cc2c(cc1OC)C(c1cccs1)N(C(=O)C(C)Oc1cccc(Cl)c1)CC2. The molecule has 4 rings (SSSR count). The molecule has 0 saturated heterocycles. The number of carbonyl (C=O) groups is 1. The lowest BCUT2D eigenvalue weighted by molar-refractivity contribution is -0.140. The Labute approximate surface area is 191 Å². The van der Waals surface area contributed by atoms with Crippen LogP contribution in [0.2, 0.25) is 5.02 Å². The molecule has 2 aromatic carbocycles. The average Bonchev–Trinajstić information content (AvgIpc) is 3.31. The summed E-state index contributed by atoms with van der Waals surface area (Å²) in [6, 6.07) is 15.0.